The number of methoxy groups -OCH3 is 3. The molecule has 0 saturated carbocycles. The number of thiophene rings is 1. The van der Waals surface area contributed by atoms with E-state index in [2.05, 4.69) is 5.32 Å². The molecule has 0 spiro atoms. The number of nitrogens with one attached hydrogen (secondary N) is 1. The Labute approximate surface area is 191 Å². The van der Waals surface area contributed by atoms with E-state index in [1.54, 1.807) is 23.6 Å². The summed E-state index contributed by atoms with van der Waals surface area (Å²) in [6, 6.07) is 8.79. The van der Waals surface area contributed by atoms with Crippen molar-refractivity contribution in [2.75, 3.05) is 26.6 Å². The topological polar surface area (TPSA) is 117 Å². The highest BCUT2D eigenvalue weighted by Crippen LogP contribution is 2.40. The lowest BCUT2D eigenvalue weighted by Gasteiger charge is -2.11. The predicted molar refractivity (Wildman–Crippen MR) is 120 cm³/mol. The normalized spacial score (nSPS) is 10.4. The molecule has 0 aliphatic carbocycles. The molecule has 0 fully saturated rings. The van der Waals surface area contributed by atoms with E-state index in [9.17, 15) is 19.7 Å². The van der Waals surface area contributed by atoms with Crippen LogP contribution in [0.3, 0.4) is 0 Å². The number of ether oxygens (including phenoxy) is 3. The smallest absolute Gasteiger partial charge is 0.341 e. The molecule has 2 aromatic carbocycles. The molecule has 9 nitrogen and oxygen atoms in total. The molecule has 0 aliphatic rings. The first-order valence-electron chi connectivity index (χ1n) is 8.98. The Balaban J connectivity index is 2.05. The molecule has 0 unspecified atom stereocenters. The van der Waals surface area contributed by atoms with E-state index in [4.69, 9.17) is 25.8 Å². The van der Waals surface area contributed by atoms with Crippen LogP contribution < -0.4 is 14.8 Å². The first kappa shape index (κ1) is 23.0. The molecule has 3 aromatic rings. The Hall–Kier alpha value is -3.63. The van der Waals surface area contributed by atoms with E-state index in [1.807, 2.05) is 0 Å². The van der Waals surface area contributed by atoms with E-state index in [0.717, 1.165) is 17.4 Å². The van der Waals surface area contributed by atoms with E-state index in [0.29, 0.717) is 22.6 Å². The fraction of sp³-hybridized carbons (Fsp3) is 0.143. The Morgan fingerprint density at radius 2 is 1.78 bits per heavy atom. The van der Waals surface area contributed by atoms with E-state index >= 15 is 0 Å². The molecular formula is C21H17ClN2O7S. The molecular weight excluding hydrogens is 460 g/mol. The van der Waals surface area contributed by atoms with Crippen LogP contribution in [-0.2, 0) is 4.74 Å². The summed E-state index contributed by atoms with van der Waals surface area (Å²) in [4.78, 5) is 36.0. The summed E-state index contributed by atoms with van der Waals surface area (Å²) in [5.74, 6) is -0.486. The second-order valence-electron chi connectivity index (χ2n) is 6.29. The Morgan fingerprint density at radius 3 is 2.41 bits per heavy atom. The summed E-state index contributed by atoms with van der Waals surface area (Å²) < 4.78 is 15.5. The zero-order valence-corrected chi connectivity index (χ0v) is 18.7. The van der Waals surface area contributed by atoms with Crippen LogP contribution in [0.1, 0.15) is 20.7 Å². The van der Waals surface area contributed by atoms with Gasteiger partial charge in [0.1, 0.15) is 16.1 Å². The molecule has 166 valence electrons. The molecule has 0 radical (unpaired) electrons. The zero-order chi connectivity index (χ0) is 23.4. The number of anilines is 1. The molecule has 0 atom stereocenters. The van der Waals surface area contributed by atoms with Gasteiger partial charge in [-0.05, 0) is 29.8 Å². The van der Waals surface area contributed by atoms with Crippen molar-refractivity contribution in [2.24, 2.45) is 0 Å². The highest BCUT2D eigenvalue weighted by atomic mass is 35.5. The molecule has 0 bridgehead atoms. The molecule has 1 amide bonds. The summed E-state index contributed by atoms with van der Waals surface area (Å²) >= 11 is 6.89. The lowest BCUT2D eigenvalue weighted by atomic mass is 10.0. The number of rotatable bonds is 7. The van der Waals surface area contributed by atoms with Gasteiger partial charge in [0, 0.05) is 22.0 Å². The van der Waals surface area contributed by atoms with Crippen molar-refractivity contribution in [1.29, 1.82) is 0 Å². The standard InChI is InChI=1S/C21H17ClN2O7S/c1-29-16-7-4-11(8-17(16)30-2)14-10-32-20(18(14)21(26)31-3)23-19(25)13-6-5-12(22)9-15(13)24(27)28/h4-10H,1-3H3,(H,23,25). The second kappa shape index (κ2) is 9.67. The number of nitrogens with zero attached hydrogens (tertiary/aromatic N) is 1. The maximum absolute atomic E-state index is 12.8. The molecule has 1 N–H and O–H groups in total. The third-order valence-electron chi connectivity index (χ3n) is 4.50. The first-order chi connectivity index (χ1) is 15.3. The predicted octanol–water partition coefficient (Wildman–Crippen LogP) is 5.03. The summed E-state index contributed by atoms with van der Waals surface area (Å²) in [6.07, 6.45) is 0. The van der Waals surface area contributed by atoms with Gasteiger partial charge in [-0.25, -0.2) is 4.79 Å². The van der Waals surface area contributed by atoms with E-state index < -0.39 is 22.5 Å². The van der Waals surface area contributed by atoms with Gasteiger partial charge in [-0.15, -0.1) is 11.3 Å². The summed E-state index contributed by atoms with van der Waals surface area (Å²) in [7, 11) is 4.21. The van der Waals surface area contributed by atoms with Crippen LogP contribution in [0.5, 0.6) is 11.5 Å². The molecule has 11 heteroatoms. The zero-order valence-electron chi connectivity index (χ0n) is 17.1. The highest BCUT2D eigenvalue weighted by Gasteiger charge is 2.26. The van der Waals surface area contributed by atoms with E-state index in [1.165, 1.54) is 33.5 Å². The fourth-order valence-corrected chi connectivity index (χ4v) is 4.11. The van der Waals surface area contributed by atoms with Crippen LogP contribution in [0, 0.1) is 10.1 Å². The number of amides is 1. The van der Waals surface area contributed by atoms with Gasteiger partial charge < -0.3 is 19.5 Å². The maximum Gasteiger partial charge on any atom is 0.341 e. The third-order valence-corrected chi connectivity index (χ3v) is 5.63. The largest absolute Gasteiger partial charge is 0.493 e. The third kappa shape index (κ3) is 4.51. The van der Waals surface area contributed by atoms with Gasteiger partial charge in [-0.2, -0.15) is 0 Å². The van der Waals surface area contributed by atoms with Gasteiger partial charge in [0.2, 0.25) is 0 Å². The van der Waals surface area contributed by atoms with E-state index in [-0.39, 0.29) is 21.2 Å². The van der Waals surface area contributed by atoms with Gasteiger partial charge in [0.05, 0.1) is 26.3 Å². The van der Waals surface area contributed by atoms with Crippen LogP contribution in [0.15, 0.2) is 41.8 Å². The number of carbonyl (C=O) groups excluding carboxylic acids is 2. The minimum absolute atomic E-state index is 0.106. The minimum atomic E-state index is -0.765. The van der Waals surface area contributed by atoms with Crippen molar-refractivity contribution in [3.63, 3.8) is 0 Å². The SMILES string of the molecule is COC(=O)c1c(-c2ccc(OC)c(OC)c2)csc1NC(=O)c1ccc(Cl)cc1[N+](=O)[O-]. The van der Waals surface area contributed by atoms with Gasteiger partial charge in [-0.1, -0.05) is 17.7 Å². The van der Waals surface area contributed by atoms with Crippen molar-refractivity contribution in [2.45, 2.75) is 0 Å². The van der Waals surface area contributed by atoms with Gasteiger partial charge in [0.15, 0.2) is 11.5 Å². The lowest BCUT2D eigenvalue weighted by molar-refractivity contribution is -0.385. The van der Waals surface area contributed by atoms with Crippen LogP contribution in [0.2, 0.25) is 5.02 Å². The van der Waals surface area contributed by atoms with Crippen molar-refractivity contribution < 1.29 is 28.7 Å². The molecule has 1 heterocycles. The maximum atomic E-state index is 12.8. The average molecular weight is 477 g/mol. The van der Waals surface area contributed by atoms with Crippen molar-refractivity contribution in [3.05, 3.63) is 68.0 Å². The average Bonchev–Trinajstić information content (AvgIpc) is 3.21. The molecule has 3 rings (SSSR count). The van der Waals surface area contributed by atoms with Gasteiger partial charge in [-0.3, -0.25) is 14.9 Å². The molecule has 32 heavy (non-hydrogen) atoms. The van der Waals surface area contributed by atoms with Gasteiger partial charge in [0.25, 0.3) is 11.6 Å². The molecule has 0 saturated heterocycles. The lowest BCUT2D eigenvalue weighted by Crippen LogP contribution is -2.15. The number of hydrogen-bond donors (Lipinski definition) is 1. The van der Waals surface area contributed by atoms with Crippen LogP contribution >= 0.6 is 22.9 Å². The van der Waals surface area contributed by atoms with Crippen molar-refractivity contribution >= 4 is 45.5 Å². The number of halogens is 1. The number of carbonyl (C=O) groups is 2. The monoisotopic (exact) mass is 476 g/mol. The second-order valence-corrected chi connectivity index (χ2v) is 7.60. The fourth-order valence-electron chi connectivity index (χ4n) is 2.99. The first-order valence-corrected chi connectivity index (χ1v) is 10.2. The molecule has 1 aromatic heterocycles. The summed E-state index contributed by atoms with van der Waals surface area (Å²) in [5.41, 5.74) is 0.568. The van der Waals surface area contributed by atoms with Gasteiger partial charge >= 0.3 is 5.97 Å². The molecule has 0 aliphatic heterocycles. The number of hydrogen-bond acceptors (Lipinski definition) is 8. The number of nitro groups is 1. The number of esters is 1. The van der Waals surface area contributed by atoms with Crippen molar-refractivity contribution in [3.8, 4) is 22.6 Å². The van der Waals surface area contributed by atoms with Crippen LogP contribution in [0.25, 0.3) is 11.1 Å². The van der Waals surface area contributed by atoms with Crippen LogP contribution in [-0.4, -0.2) is 38.1 Å². The Morgan fingerprint density at radius 1 is 1.06 bits per heavy atom. The van der Waals surface area contributed by atoms with Crippen molar-refractivity contribution in [1.82, 2.24) is 0 Å². The summed E-state index contributed by atoms with van der Waals surface area (Å²) in [5, 5.41) is 15.9. The Kier molecular flexibility index (Phi) is 6.96. The van der Waals surface area contributed by atoms with Crippen LogP contribution in [0.4, 0.5) is 10.7 Å². The number of nitro benzene ring substituents is 1. The number of benzene rings is 2. The minimum Gasteiger partial charge on any atom is -0.493 e. The summed E-state index contributed by atoms with van der Waals surface area (Å²) in [6.45, 7) is 0. The highest BCUT2D eigenvalue weighted by molar-refractivity contribution is 7.15. The Bertz CT molecular complexity index is 1210. The quantitative estimate of drug-likeness (QED) is 0.288.